The molecule has 23 heavy (non-hydrogen) atoms. The molecule has 0 atom stereocenters. The number of hydrogen-bond acceptors (Lipinski definition) is 3. The molecule has 0 spiro atoms. The van der Waals surface area contributed by atoms with Crippen LogP contribution >= 0.6 is 33.9 Å². The van der Waals surface area contributed by atoms with E-state index in [-0.39, 0.29) is 0 Å². The van der Waals surface area contributed by atoms with Crippen LogP contribution in [0.1, 0.15) is 0 Å². The molecule has 1 heterocycles. The fourth-order valence-electron chi connectivity index (χ4n) is 2.55. The molecule has 0 amide bonds. The van der Waals surface area contributed by atoms with Crippen molar-refractivity contribution in [2.45, 2.75) is 0 Å². The standard InChI is InChI=1S/C19H13IN2S/c20-15-10-11-16(21)18-17(15)22-19(23-18)14-8-6-13(7-9-14)12-4-2-1-3-5-12/h1-11H,21H2. The second-order valence-electron chi connectivity index (χ2n) is 5.28. The summed E-state index contributed by atoms with van der Waals surface area (Å²) in [4.78, 5) is 4.78. The van der Waals surface area contributed by atoms with Crippen molar-refractivity contribution in [2.75, 3.05) is 5.73 Å². The van der Waals surface area contributed by atoms with E-state index >= 15 is 0 Å². The van der Waals surface area contributed by atoms with Crippen molar-refractivity contribution in [3.63, 3.8) is 0 Å². The monoisotopic (exact) mass is 428 g/mol. The highest BCUT2D eigenvalue weighted by molar-refractivity contribution is 14.1. The van der Waals surface area contributed by atoms with E-state index in [0.717, 1.165) is 30.0 Å². The smallest absolute Gasteiger partial charge is 0.124 e. The van der Waals surface area contributed by atoms with E-state index in [1.165, 1.54) is 11.1 Å². The van der Waals surface area contributed by atoms with E-state index in [0.29, 0.717) is 0 Å². The summed E-state index contributed by atoms with van der Waals surface area (Å²) in [5.74, 6) is 0. The van der Waals surface area contributed by atoms with Gasteiger partial charge in [0, 0.05) is 9.13 Å². The fourth-order valence-corrected chi connectivity index (χ4v) is 4.33. The van der Waals surface area contributed by atoms with E-state index in [4.69, 9.17) is 10.7 Å². The minimum absolute atomic E-state index is 0.796. The average molecular weight is 428 g/mol. The molecule has 0 aliphatic carbocycles. The average Bonchev–Trinajstić information content (AvgIpc) is 3.06. The first-order chi connectivity index (χ1) is 11.2. The largest absolute Gasteiger partial charge is 0.398 e. The van der Waals surface area contributed by atoms with Crippen molar-refractivity contribution in [3.05, 3.63) is 70.3 Å². The van der Waals surface area contributed by atoms with Gasteiger partial charge in [0.05, 0.1) is 15.9 Å². The van der Waals surface area contributed by atoms with E-state index in [1.54, 1.807) is 11.3 Å². The Morgan fingerprint density at radius 3 is 2.13 bits per heavy atom. The lowest BCUT2D eigenvalue weighted by molar-refractivity contribution is 1.46. The van der Waals surface area contributed by atoms with Gasteiger partial charge in [0.1, 0.15) is 5.01 Å². The van der Waals surface area contributed by atoms with Gasteiger partial charge >= 0.3 is 0 Å². The Kier molecular flexibility index (Phi) is 3.79. The van der Waals surface area contributed by atoms with Gasteiger partial charge in [-0.1, -0.05) is 54.6 Å². The molecule has 4 aromatic rings. The van der Waals surface area contributed by atoms with Gasteiger partial charge in [-0.3, -0.25) is 0 Å². The van der Waals surface area contributed by atoms with Crippen LogP contribution < -0.4 is 5.73 Å². The maximum atomic E-state index is 6.08. The van der Waals surface area contributed by atoms with Gasteiger partial charge in [0.15, 0.2) is 0 Å². The van der Waals surface area contributed by atoms with Crippen molar-refractivity contribution in [1.82, 2.24) is 4.98 Å². The van der Waals surface area contributed by atoms with Crippen LogP contribution in [-0.4, -0.2) is 4.98 Å². The Labute approximate surface area is 152 Å². The molecule has 0 radical (unpaired) electrons. The van der Waals surface area contributed by atoms with Gasteiger partial charge in [-0.2, -0.15) is 0 Å². The Balaban J connectivity index is 1.77. The molecule has 0 unspecified atom stereocenters. The summed E-state index contributed by atoms with van der Waals surface area (Å²) >= 11 is 3.96. The van der Waals surface area contributed by atoms with Crippen LogP contribution in [0.25, 0.3) is 31.9 Å². The number of benzene rings is 3. The number of thiazole rings is 1. The molecule has 0 fully saturated rings. The third-order valence-corrected chi connectivity index (χ3v) is 5.79. The molecule has 0 aliphatic rings. The number of halogens is 1. The lowest BCUT2D eigenvalue weighted by Gasteiger charge is -2.02. The van der Waals surface area contributed by atoms with Gasteiger partial charge in [0.2, 0.25) is 0 Å². The summed E-state index contributed by atoms with van der Waals surface area (Å²) in [6.45, 7) is 0. The van der Waals surface area contributed by atoms with Crippen LogP contribution in [-0.2, 0) is 0 Å². The molecule has 0 bridgehead atoms. The SMILES string of the molecule is Nc1ccc(I)c2nc(-c3ccc(-c4ccccc4)cc3)sc12. The van der Waals surface area contributed by atoms with Gasteiger partial charge in [-0.25, -0.2) is 4.98 Å². The van der Waals surface area contributed by atoms with E-state index < -0.39 is 0 Å². The van der Waals surface area contributed by atoms with Crippen LogP contribution in [0.15, 0.2) is 66.7 Å². The van der Waals surface area contributed by atoms with Crippen LogP contribution in [0.4, 0.5) is 5.69 Å². The fraction of sp³-hybridized carbons (Fsp3) is 0. The second-order valence-corrected chi connectivity index (χ2v) is 7.44. The van der Waals surface area contributed by atoms with Gasteiger partial charge in [-0.15, -0.1) is 11.3 Å². The lowest BCUT2D eigenvalue weighted by atomic mass is 10.0. The van der Waals surface area contributed by atoms with Crippen LogP contribution in [0.5, 0.6) is 0 Å². The molecule has 3 aromatic carbocycles. The van der Waals surface area contributed by atoms with E-state index in [9.17, 15) is 0 Å². The number of hydrogen-bond donors (Lipinski definition) is 1. The first kappa shape index (κ1) is 14.7. The Bertz CT molecular complexity index is 937. The topological polar surface area (TPSA) is 38.9 Å². The molecular weight excluding hydrogens is 415 g/mol. The zero-order valence-electron chi connectivity index (χ0n) is 12.2. The Hall–Kier alpha value is -1.92. The van der Waals surface area contributed by atoms with Crippen LogP contribution in [0.3, 0.4) is 0 Å². The normalized spacial score (nSPS) is 11.0. The molecule has 0 saturated heterocycles. The van der Waals surface area contributed by atoms with Crippen molar-refractivity contribution < 1.29 is 0 Å². The molecule has 4 rings (SSSR count). The van der Waals surface area contributed by atoms with Crippen molar-refractivity contribution in [2.24, 2.45) is 0 Å². The minimum atomic E-state index is 0.796. The predicted molar refractivity (Wildman–Crippen MR) is 108 cm³/mol. The first-order valence-electron chi connectivity index (χ1n) is 7.23. The summed E-state index contributed by atoms with van der Waals surface area (Å²) in [5.41, 5.74) is 11.4. The van der Waals surface area contributed by atoms with Crippen molar-refractivity contribution >= 4 is 49.8 Å². The molecule has 0 saturated carbocycles. The van der Waals surface area contributed by atoms with Crippen LogP contribution in [0.2, 0.25) is 0 Å². The van der Waals surface area contributed by atoms with Crippen LogP contribution in [0, 0.1) is 3.57 Å². The number of nitrogen functional groups attached to an aromatic ring is 1. The van der Waals surface area contributed by atoms with Crippen molar-refractivity contribution in [3.8, 4) is 21.7 Å². The molecular formula is C19H13IN2S. The highest BCUT2D eigenvalue weighted by Crippen LogP contribution is 2.36. The van der Waals surface area contributed by atoms with Gasteiger partial charge in [0.25, 0.3) is 0 Å². The highest BCUT2D eigenvalue weighted by Gasteiger charge is 2.11. The molecule has 4 heteroatoms. The zero-order chi connectivity index (χ0) is 15.8. The molecule has 0 aliphatic heterocycles. The lowest BCUT2D eigenvalue weighted by Crippen LogP contribution is -1.85. The third kappa shape index (κ3) is 2.72. The molecule has 1 aromatic heterocycles. The number of nitrogens with zero attached hydrogens (tertiary/aromatic N) is 1. The summed E-state index contributed by atoms with van der Waals surface area (Å²) in [5, 5.41) is 1.01. The third-order valence-electron chi connectivity index (χ3n) is 3.76. The minimum Gasteiger partial charge on any atom is -0.398 e. The number of fused-ring (bicyclic) bond motifs is 1. The van der Waals surface area contributed by atoms with E-state index in [1.807, 2.05) is 18.2 Å². The Morgan fingerprint density at radius 1 is 0.783 bits per heavy atom. The predicted octanol–water partition coefficient (Wildman–Crippen LogP) is 5.82. The maximum absolute atomic E-state index is 6.08. The molecule has 112 valence electrons. The summed E-state index contributed by atoms with van der Waals surface area (Å²) in [6, 6.07) is 22.9. The van der Waals surface area contributed by atoms with E-state index in [2.05, 4.69) is 71.1 Å². The highest BCUT2D eigenvalue weighted by atomic mass is 127. The summed E-state index contributed by atoms with van der Waals surface area (Å²) in [7, 11) is 0. The Morgan fingerprint density at radius 2 is 1.43 bits per heavy atom. The maximum Gasteiger partial charge on any atom is 0.124 e. The second kappa shape index (κ2) is 5.94. The number of rotatable bonds is 2. The molecule has 2 nitrogen and oxygen atoms in total. The van der Waals surface area contributed by atoms with Crippen molar-refractivity contribution in [1.29, 1.82) is 0 Å². The van der Waals surface area contributed by atoms with Gasteiger partial charge in [-0.05, 0) is 45.9 Å². The quantitative estimate of drug-likeness (QED) is 0.323. The summed E-state index contributed by atoms with van der Waals surface area (Å²) in [6.07, 6.45) is 0. The zero-order valence-corrected chi connectivity index (χ0v) is 15.1. The summed E-state index contributed by atoms with van der Waals surface area (Å²) < 4.78 is 2.20. The number of nitrogens with two attached hydrogens (primary N) is 1. The number of aromatic nitrogens is 1. The van der Waals surface area contributed by atoms with Gasteiger partial charge < -0.3 is 5.73 Å². The molecule has 2 N–H and O–H groups in total. The first-order valence-corrected chi connectivity index (χ1v) is 9.12. The number of anilines is 1.